The molecule has 2 atom stereocenters. The van der Waals surface area contributed by atoms with Gasteiger partial charge in [-0.3, -0.25) is 0 Å². The van der Waals surface area contributed by atoms with Crippen LogP contribution in [0.4, 0.5) is 0 Å². The first-order chi connectivity index (χ1) is 7.52. The zero-order chi connectivity index (χ0) is 12.1. The van der Waals surface area contributed by atoms with Crippen molar-refractivity contribution in [3.8, 4) is 0 Å². The molecule has 0 spiro atoms. The average Bonchev–Trinajstić information content (AvgIpc) is 2.28. The van der Waals surface area contributed by atoms with Gasteiger partial charge in [-0.25, -0.2) is 4.79 Å². The van der Waals surface area contributed by atoms with Crippen molar-refractivity contribution >= 4 is 18.4 Å². The van der Waals surface area contributed by atoms with Gasteiger partial charge in [0.1, 0.15) is 6.10 Å². The van der Waals surface area contributed by atoms with Crippen LogP contribution in [-0.4, -0.2) is 12.1 Å². The van der Waals surface area contributed by atoms with E-state index in [1.54, 1.807) is 13.8 Å². The van der Waals surface area contributed by atoms with Crippen LogP contribution in [0.15, 0.2) is 42.5 Å². The maximum Gasteiger partial charge on any atom is 0.333 e. The Balaban J connectivity index is 0.00000256. The van der Waals surface area contributed by atoms with E-state index >= 15 is 0 Å². The monoisotopic (exact) mass is 255 g/mol. The molecule has 3 nitrogen and oxygen atoms in total. The minimum absolute atomic E-state index is 0. The molecule has 0 bridgehead atoms. The summed E-state index contributed by atoms with van der Waals surface area (Å²) in [5, 5.41) is 0. The molecule has 0 aliphatic carbocycles. The summed E-state index contributed by atoms with van der Waals surface area (Å²) in [6, 6.07) is 9.24. The first-order valence-electron chi connectivity index (χ1n) is 5.19. The lowest BCUT2D eigenvalue weighted by Gasteiger charge is -2.20. The Kier molecular flexibility index (Phi) is 6.54. The third-order valence-electron chi connectivity index (χ3n) is 2.33. The largest absolute Gasteiger partial charge is 0.457 e. The molecule has 4 heteroatoms. The van der Waals surface area contributed by atoms with Crippen LogP contribution in [0.3, 0.4) is 0 Å². The van der Waals surface area contributed by atoms with E-state index in [1.807, 2.05) is 30.3 Å². The number of halogens is 1. The van der Waals surface area contributed by atoms with Gasteiger partial charge >= 0.3 is 5.97 Å². The Labute approximate surface area is 108 Å². The highest BCUT2D eigenvalue weighted by atomic mass is 35.5. The molecule has 17 heavy (non-hydrogen) atoms. The van der Waals surface area contributed by atoms with Gasteiger partial charge in [-0.2, -0.15) is 0 Å². The van der Waals surface area contributed by atoms with Crippen molar-refractivity contribution in [2.45, 2.75) is 26.0 Å². The first-order valence-corrected chi connectivity index (χ1v) is 5.19. The van der Waals surface area contributed by atoms with Crippen LogP contribution in [0.1, 0.15) is 25.5 Å². The van der Waals surface area contributed by atoms with Gasteiger partial charge in [0.2, 0.25) is 0 Å². The second-order valence-corrected chi connectivity index (χ2v) is 3.83. The standard InChI is InChI=1S/C13H17NO2.ClH/c1-9(2)13(15)16-10(3)12(14)11-7-5-4-6-8-11;/h4-8,10,12H,1,14H2,2-3H3;1H. The molecule has 2 unspecified atom stereocenters. The minimum Gasteiger partial charge on any atom is -0.457 e. The molecule has 0 aliphatic rings. The highest BCUT2D eigenvalue weighted by Gasteiger charge is 2.18. The molecule has 0 aliphatic heterocycles. The van der Waals surface area contributed by atoms with Crippen molar-refractivity contribution in [1.82, 2.24) is 0 Å². The highest BCUT2D eigenvalue weighted by molar-refractivity contribution is 5.87. The van der Waals surface area contributed by atoms with E-state index in [2.05, 4.69) is 6.58 Å². The summed E-state index contributed by atoms with van der Waals surface area (Å²) in [5.74, 6) is -0.404. The number of ether oxygens (including phenoxy) is 1. The summed E-state index contributed by atoms with van der Waals surface area (Å²) in [4.78, 5) is 11.3. The van der Waals surface area contributed by atoms with Crippen molar-refractivity contribution < 1.29 is 9.53 Å². The van der Waals surface area contributed by atoms with E-state index in [0.29, 0.717) is 5.57 Å². The minimum atomic E-state index is -0.404. The molecule has 0 fully saturated rings. The fourth-order valence-electron chi connectivity index (χ4n) is 1.29. The maximum absolute atomic E-state index is 11.3. The summed E-state index contributed by atoms with van der Waals surface area (Å²) in [6.07, 6.45) is -0.369. The van der Waals surface area contributed by atoms with Crippen LogP contribution in [0.5, 0.6) is 0 Å². The van der Waals surface area contributed by atoms with Gasteiger partial charge in [0.05, 0.1) is 6.04 Å². The zero-order valence-corrected chi connectivity index (χ0v) is 10.9. The molecule has 94 valence electrons. The van der Waals surface area contributed by atoms with Crippen LogP contribution in [0.25, 0.3) is 0 Å². The van der Waals surface area contributed by atoms with E-state index < -0.39 is 5.97 Å². The SMILES string of the molecule is C=C(C)C(=O)OC(C)C(N)c1ccccc1.Cl. The number of hydrogen-bond donors (Lipinski definition) is 1. The molecule has 0 saturated heterocycles. The first kappa shape index (κ1) is 15.7. The number of carbonyl (C=O) groups is 1. The zero-order valence-electron chi connectivity index (χ0n) is 10.1. The summed E-state index contributed by atoms with van der Waals surface area (Å²) in [6.45, 7) is 6.92. The Morgan fingerprint density at radius 2 is 1.88 bits per heavy atom. The second kappa shape index (κ2) is 7.09. The lowest BCUT2D eigenvalue weighted by atomic mass is 10.0. The van der Waals surface area contributed by atoms with Crippen molar-refractivity contribution in [1.29, 1.82) is 0 Å². The quantitative estimate of drug-likeness (QED) is 0.665. The molecule has 1 rings (SSSR count). The van der Waals surface area contributed by atoms with E-state index in [-0.39, 0.29) is 24.6 Å². The van der Waals surface area contributed by atoms with Crippen LogP contribution in [0, 0.1) is 0 Å². The lowest BCUT2D eigenvalue weighted by molar-refractivity contribution is -0.144. The van der Waals surface area contributed by atoms with E-state index in [0.717, 1.165) is 5.56 Å². The van der Waals surface area contributed by atoms with Crippen LogP contribution in [0.2, 0.25) is 0 Å². The molecule has 0 amide bonds. The molecule has 0 heterocycles. The number of benzene rings is 1. The number of carbonyl (C=O) groups excluding carboxylic acids is 1. The Bertz CT molecular complexity index is 378. The molecule has 2 N–H and O–H groups in total. The topological polar surface area (TPSA) is 52.3 Å². The van der Waals surface area contributed by atoms with Gasteiger partial charge in [0, 0.05) is 5.57 Å². The highest BCUT2D eigenvalue weighted by Crippen LogP contribution is 2.16. The summed E-state index contributed by atoms with van der Waals surface area (Å²) in [7, 11) is 0. The molecule has 0 aromatic heterocycles. The van der Waals surface area contributed by atoms with Gasteiger partial charge in [0.25, 0.3) is 0 Å². The molecule has 0 radical (unpaired) electrons. The molecule has 1 aromatic rings. The Hall–Kier alpha value is -1.32. The van der Waals surface area contributed by atoms with E-state index in [9.17, 15) is 4.79 Å². The van der Waals surface area contributed by atoms with Gasteiger partial charge in [-0.15, -0.1) is 12.4 Å². The van der Waals surface area contributed by atoms with Crippen molar-refractivity contribution in [2.24, 2.45) is 5.73 Å². The van der Waals surface area contributed by atoms with Crippen LogP contribution in [-0.2, 0) is 9.53 Å². The third kappa shape index (κ3) is 4.59. The molecular formula is C13H18ClNO2. The smallest absolute Gasteiger partial charge is 0.333 e. The number of hydrogen-bond acceptors (Lipinski definition) is 3. The van der Waals surface area contributed by atoms with Gasteiger partial charge in [-0.05, 0) is 19.4 Å². The van der Waals surface area contributed by atoms with Crippen molar-refractivity contribution in [3.63, 3.8) is 0 Å². The van der Waals surface area contributed by atoms with Crippen molar-refractivity contribution in [2.75, 3.05) is 0 Å². The third-order valence-corrected chi connectivity index (χ3v) is 2.33. The predicted molar refractivity (Wildman–Crippen MR) is 71.0 cm³/mol. The summed E-state index contributed by atoms with van der Waals surface area (Å²) >= 11 is 0. The number of nitrogens with two attached hydrogens (primary N) is 1. The summed E-state index contributed by atoms with van der Waals surface area (Å²) < 4.78 is 5.16. The summed E-state index contributed by atoms with van der Waals surface area (Å²) in [5.41, 5.74) is 7.31. The Morgan fingerprint density at radius 3 is 2.35 bits per heavy atom. The lowest BCUT2D eigenvalue weighted by Crippen LogP contribution is -2.28. The number of esters is 1. The molecule has 0 saturated carbocycles. The van der Waals surface area contributed by atoms with Gasteiger partial charge in [0.15, 0.2) is 0 Å². The fraction of sp³-hybridized carbons (Fsp3) is 0.308. The normalized spacial score (nSPS) is 13.1. The molecule has 1 aromatic carbocycles. The Morgan fingerprint density at radius 1 is 1.35 bits per heavy atom. The molecular weight excluding hydrogens is 238 g/mol. The van der Waals surface area contributed by atoms with Crippen molar-refractivity contribution in [3.05, 3.63) is 48.0 Å². The average molecular weight is 256 g/mol. The van der Waals surface area contributed by atoms with E-state index in [4.69, 9.17) is 10.5 Å². The van der Waals surface area contributed by atoms with Crippen LogP contribution >= 0.6 is 12.4 Å². The van der Waals surface area contributed by atoms with Crippen LogP contribution < -0.4 is 5.73 Å². The predicted octanol–water partition coefficient (Wildman–Crippen LogP) is 2.62. The number of rotatable bonds is 4. The fourth-order valence-corrected chi connectivity index (χ4v) is 1.29. The maximum atomic E-state index is 11.3. The second-order valence-electron chi connectivity index (χ2n) is 3.83. The van der Waals surface area contributed by atoms with Gasteiger partial charge < -0.3 is 10.5 Å². The van der Waals surface area contributed by atoms with Gasteiger partial charge in [-0.1, -0.05) is 36.9 Å². The van der Waals surface area contributed by atoms with E-state index in [1.165, 1.54) is 0 Å².